The zero-order valence-corrected chi connectivity index (χ0v) is 14.7. The molecular formula is C19H22FN3O2. The van der Waals surface area contributed by atoms with Gasteiger partial charge < -0.3 is 14.5 Å². The highest BCUT2D eigenvalue weighted by Gasteiger charge is 2.27. The summed E-state index contributed by atoms with van der Waals surface area (Å²) in [6.07, 6.45) is -0.287. The maximum Gasteiger partial charge on any atom is 0.254 e. The van der Waals surface area contributed by atoms with E-state index in [1.807, 2.05) is 38.1 Å². The lowest BCUT2D eigenvalue weighted by molar-refractivity contribution is -0.0247. The molecule has 1 fully saturated rings. The van der Waals surface area contributed by atoms with E-state index in [4.69, 9.17) is 4.74 Å². The molecule has 0 radical (unpaired) electrons. The first-order valence-electron chi connectivity index (χ1n) is 8.26. The molecular weight excluding hydrogens is 321 g/mol. The van der Waals surface area contributed by atoms with Crippen LogP contribution in [0.1, 0.15) is 27.8 Å². The summed E-state index contributed by atoms with van der Waals surface area (Å²) in [6, 6.07) is 9.76. The van der Waals surface area contributed by atoms with Crippen molar-refractivity contribution in [3.63, 3.8) is 0 Å². The number of ether oxygens (including phenoxy) is 1. The quantitative estimate of drug-likeness (QED) is 0.860. The molecule has 1 atom stereocenters. The van der Waals surface area contributed by atoms with Crippen LogP contribution in [0.4, 0.5) is 10.1 Å². The van der Waals surface area contributed by atoms with Crippen LogP contribution < -0.4 is 4.90 Å². The summed E-state index contributed by atoms with van der Waals surface area (Å²) in [5.41, 5.74) is 3.10. The Morgan fingerprint density at radius 2 is 2.12 bits per heavy atom. The fraction of sp³-hybridized carbons (Fsp3) is 0.368. The van der Waals surface area contributed by atoms with Crippen LogP contribution >= 0.6 is 0 Å². The molecule has 1 saturated heterocycles. The molecule has 1 amide bonds. The Balaban J connectivity index is 1.80. The normalized spacial score (nSPS) is 17.4. The Morgan fingerprint density at radius 3 is 2.84 bits per heavy atom. The van der Waals surface area contributed by atoms with E-state index in [-0.39, 0.29) is 12.0 Å². The molecule has 0 unspecified atom stereocenters. The third-order valence-electron chi connectivity index (χ3n) is 4.23. The number of benzene rings is 1. The third-order valence-corrected chi connectivity index (χ3v) is 4.23. The van der Waals surface area contributed by atoms with Gasteiger partial charge in [-0.2, -0.15) is 0 Å². The van der Waals surface area contributed by atoms with Crippen molar-refractivity contribution in [3.05, 3.63) is 59.2 Å². The highest BCUT2D eigenvalue weighted by Crippen LogP contribution is 2.25. The Bertz CT molecular complexity index is 779. The summed E-state index contributed by atoms with van der Waals surface area (Å²) >= 11 is 0. The van der Waals surface area contributed by atoms with Gasteiger partial charge in [0, 0.05) is 37.6 Å². The van der Waals surface area contributed by atoms with Crippen LogP contribution in [0, 0.1) is 12.7 Å². The molecule has 2 aromatic rings. The van der Waals surface area contributed by atoms with Gasteiger partial charge in [-0.1, -0.05) is 6.07 Å². The van der Waals surface area contributed by atoms with Gasteiger partial charge in [0.2, 0.25) is 0 Å². The van der Waals surface area contributed by atoms with Crippen LogP contribution in [0.25, 0.3) is 0 Å². The molecule has 1 aromatic heterocycles. The molecule has 0 aliphatic carbocycles. The van der Waals surface area contributed by atoms with E-state index >= 15 is 0 Å². The second-order valence-electron chi connectivity index (χ2n) is 6.41. The molecule has 1 aliphatic heterocycles. The summed E-state index contributed by atoms with van der Waals surface area (Å²) in [5.74, 6) is -0.597. The lowest BCUT2D eigenvalue weighted by atomic mass is 10.1. The van der Waals surface area contributed by atoms with Crippen molar-refractivity contribution in [3.8, 4) is 0 Å². The maximum atomic E-state index is 13.4. The zero-order chi connectivity index (χ0) is 18.0. The minimum atomic E-state index is -0.411. The van der Waals surface area contributed by atoms with E-state index in [0.29, 0.717) is 25.3 Å². The van der Waals surface area contributed by atoms with Gasteiger partial charge in [-0.25, -0.2) is 4.39 Å². The van der Waals surface area contributed by atoms with E-state index in [2.05, 4.69) is 4.98 Å². The Kier molecular flexibility index (Phi) is 4.99. The average Bonchev–Trinajstić information content (AvgIpc) is 2.60. The minimum absolute atomic E-state index is 0.187. The fourth-order valence-electron chi connectivity index (χ4n) is 2.92. The highest BCUT2D eigenvalue weighted by molar-refractivity contribution is 5.94. The highest BCUT2D eigenvalue weighted by atomic mass is 19.1. The Labute approximate surface area is 147 Å². The molecule has 1 aliphatic rings. The first-order valence-corrected chi connectivity index (χ1v) is 8.26. The molecule has 0 spiro atoms. The number of pyridine rings is 1. The number of halogens is 1. The van der Waals surface area contributed by atoms with Gasteiger partial charge in [0.15, 0.2) is 0 Å². The first kappa shape index (κ1) is 17.4. The van der Waals surface area contributed by atoms with E-state index < -0.39 is 5.82 Å². The van der Waals surface area contributed by atoms with Crippen LogP contribution in [0.3, 0.4) is 0 Å². The van der Waals surface area contributed by atoms with Gasteiger partial charge in [-0.3, -0.25) is 9.78 Å². The predicted molar refractivity (Wildman–Crippen MR) is 94.3 cm³/mol. The van der Waals surface area contributed by atoms with Crippen molar-refractivity contribution >= 4 is 11.6 Å². The number of anilines is 1. The van der Waals surface area contributed by atoms with Gasteiger partial charge >= 0.3 is 0 Å². The Hall–Kier alpha value is -2.47. The summed E-state index contributed by atoms with van der Waals surface area (Å²) < 4.78 is 19.2. The number of carbonyl (C=O) groups is 1. The fourth-order valence-corrected chi connectivity index (χ4v) is 2.92. The van der Waals surface area contributed by atoms with Crippen LogP contribution in [0.15, 0.2) is 36.4 Å². The molecule has 25 heavy (non-hydrogen) atoms. The largest absolute Gasteiger partial charge is 0.378 e. The van der Waals surface area contributed by atoms with E-state index in [1.165, 1.54) is 12.1 Å². The van der Waals surface area contributed by atoms with E-state index in [1.54, 1.807) is 17.0 Å². The van der Waals surface area contributed by atoms with Crippen LogP contribution in [-0.2, 0) is 4.74 Å². The minimum Gasteiger partial charge on any atom is -0.378 e. The standard InChI is InChI=1S/C19H22FN3O2/c1-13-9-16(22(2)3)11-17(21-13)18-12-23(7-8-25-18)19(24)14-5-4-6-15(20)10-14/h4-6,9-11,18H,7-8,12H2,1-3H3/t18-/m0/s1. The number of hydrogen-bond donors (Lipinski definition) is 0. The summed E-state index contributed by atoms with van der Waals surface area (Å²) in [5, 5.41) is 0. The third kappa shape index (κ3) is 3.96. The maximum absolute atomic E-state index is 13.4. The first-order chi connectivity index (χ1) is 11.9. The van der Waals surface area contributed by atoms with Gasteiger partial charge in [0.1, 0.15) is 11.9 Å². The van der Waals surface area contributed by atoms with Gasteiger partial charge in [0.25, 0.3) is 5.91 Å². The lowest BCUT2D eigenvalue weighted by Gasteiger charge is -2.33. The number of aromatic nitrogens is 1. The number of morpholine rings is 1. The monoisotopic (exact) mass is 343 g/mol. The summed E-state index contributed by atoms with van der Waals surface area (Å²) in [6.45, 7) is 3.25. The number of nitrogens with zero attached hydrogens (tertiary/aromatic N) is 3. The molecule has 132 valence electrons. The summed E-state index contributed by atoms with van der Waals surface area (Å²) in [7, 11) is 3.94. The van der Waals surface area contributed by atoms with Crippen molar-refractivity contribution in [1.82, 2.24) is 9.88 Å². The van der Waals surface area contributed by atoms with E-state index in [9.17, 15) is 9.18 Å². The number of carbonyl (C=O) groups excluding carboxylic acids is 1. The molecule has 2 heterocycles. The lowest BCUT2D eigenvalue weighted by Crippen LogP contribution is -2.42. The molecule has 5 nitrogen and oxygen atoms in total. The molecule has 0 saturated carbocycles. The van der Waals surface area contributed by atoms with Crippen LogP contribution in [0.5, 0.6) is 0 Å². The topological polar surface area (TPSA) is 45.7 Å². The predicted octanol–water partition coefficient (Wildman–Crippen LogP) is 2.81. The number of amides is 1. The van der Waals surface area contributed by atoms with Crippen molar-refractivity contribution in [1.29, 1.82) is 0 Å². The van der Waals surface area contributed by atoms with Crippen molar-refractivity contribution in [2.75, 3.05) is 38.7 Å². The molecule has 1 aromatic carbocycles. The van der Waals surface area contributed by atoms with Gasteiger partial charge in [-0.05, 0) is 37.3 Å². The van der Waals surface area contributed by atoms with Gasteiger partial charge in [-0.15, -0.1) is 0 Å². The SMILES string of the molecule is Cc1cc(N(C)C)cc([C@@H]2CN(C(=O)c3cccc(F)c3)CCO2)n1. The van der Waals surface area contributed by atoms with Crippen molar-refractivity contribution < 1.29 is 13.9 Å². The second-order valence-corrected chi connectivity index (χ2v) is 6.41. The molecule has 0 bridgehead atoms. The molecule has 0 N–H and O–H groups in total. The zero-order valence-electron chi connectivity index (χ0n) is 14.7. The van der Waals surface area contributed by atoms with Gasteiger partial charge in [0.05, 0.1) is 18.8 Å². The molecule has 3 rings (SSSR count). The number of aryl methyl sites for hydroxylation is 1. The Morgan fingerprint density at radius 1 is 1.32 bits per heavy atom. The van der Waals surface area contributed by atoms with E-state index in [0.717, 1.165) is 17.1 Å². The smallest absolute Gasteiger partial charge is 0.254 e. The second kappa shape index (κ2) is 7.19. The van der Waals surface area contributed by atoms with Crippen molar-refractivity contribution in [2.24, 2.45) is 0 Å². The van der Waals surface area contributed by atoms with Crippen LogP contribution in [-0.4, -0.2) is 49.6 Å². The summed E-state index contributed by atoms with van der Waals surface area (Å²) in [4.78, 5) is 20.9. The number of rotatable bonds is 3. The van der Waals surface area contributed by atoms with Crippen LogP contribution in [0.2, 0.25) is 0 Å². The van der Waals surface area contributed by atoms with Crippen molar-refractivity contribution in [2.45, 2.75) is 13.0 Å². The number of hydrogen-bond acceptors (Lipinski definition) is 4. The molecule has 6 heteroatoms. The average molecular weight is 343 g/mol.